The Balaban J connectivity index is 1.76. The predicted octanol–water partition coefficient (Wildman–Crippen LogP) is 2.09. The summed E-state index contributed by atoms with van der Waals surface area (Å²) in [6.07, 6.45) is 8.53. The standard InChI is InChI=1S/C15H22N2O3/c1-2-11-5-3-4-6-13(11)17-14(18)9-16-15(19)12-7-8-20-10-12/h7-8,10-11,13H,2-6,9H2,1H3,(H,16,19)(H,17,18)/t11-,13+/m1/s1. The van der Waals surface area contributed by atoms with Gasteiger partial charge in [0.25, 0.3) is 5.91 Å². The van der Waals surface area contributed by atoms with Crippen molar-refractivity contribution < 1.29 is 14.0 Å². The van der Waals surface area contributed by atoms with Crippen LogP contribution in [0.3, 0.4) is 0 Å². The minimum Gasteiger partial charge on any atom is -0.472 e. The van der Waals surface area contributed by atoms with Gasteiger partial charge in [-0.25, -0.2) is 0 Å². The molecule has 2 N–H and O–H groups in total. The van der Waals surface area contributed by atoms with Crippen molar-refractivity contribution >= 4 is 11.8 Å². The van der Waals surface area contributed by atoms with Gasteiger partial charge in [0, 0.05) is 6.04 Å². The van der Waals surface area contributed by atoms with Crippen LogP contribution in [0.15, 0.2) is 23.0 Å². The molecule has 0 radical (unpaired) electrons. The van der Waals surface area contributed by atoms with Gasteiger partial charge in [-0.15, -0.1) is 0 Å². The molecule has 2 rings (SSSR count). The van der Waals surface area contributed by atoms with Gasteiger partial charge in [-0.2, -0.15) is 0 Å². The SMILES string of the molecule is CC[C@@H]1CCCC[C@@H]1NC(=O)CNC(=O)c1ccoc1. The Labute approximate surface area is 119 Å². The maximum Gasteiger partial charge on any atom is 0.254 e. The molecule has 1 aromatic rings. The lowest BCUT2D eigenvalue weighted by Gasteiger charge is -2.31. The molecule has 110 valence electrons. The molecule has 1 aromatic heterocycles. The zero-order valence-electron chi connectivity index (χ0n) is 11.9. The molecule has 1 fully saturated rings. The van der Waals surface area contributed by atoms with Gasteiger partial charge in [-0.1, -0.05) is 26.2 Å². The molecular weight excluding hydrogens is 256 g/mol. The minimum absolute atomic E-state index is 0.0109. The number of carbonyl (C=O) groups excluding carboxylic acids is 2. The van der Waals surface area contributed by atoms with E-state index in [1.165, 1.54) is 31.8 Å². The van der Waals surface area contributed by atoms with Crippen molar-refractivity contribution in [1.29, 1.82) is 0 Å². The van der Waals surface area contributed by atoms with Gasteiger partial charge in [0.15, 0.2) is 0 Å². The van der Waals surface area contributed by atoms with Crippen molar-refractivity contribution in [3.63, 3.8) is 0 Å². The Kier molecular flexibility index (Phi) is 5.21. The van der Waals surface area contributed by atoms with E-state index in [-0.39, 0.29) is 24.4 Å². The summed E-state index contributed by atoms with van der Waals surface area (Å²) in [5.41, 5.74) is 0.432. The summed E-state index contributed by atoms with van der Waals surface area (Å²) in [5.74, 6) is 0.161. The van der Waals surface area contributed by atoms with Crippen molar-refractivity contribution in [3.8, 4) is 0 Å². The molecule has 0 spiro atoms. The van der Waals surface area contributed by atoms with Crippen molar-refractivity contribution in [2.45, 2.75) is 45.1 Å². The molecule has 0 aromatic carbocycles. The highest BCUT2D eigenvalue weighted by Gasteiger charge is 2.24. The lowest BCUT2D eigenvalue weighted by molar-refractivity contribution is -0.121. The lowest BCUT2D eigenvalue weighted by Crippen LogP contribution is -2.46. The third kappa shape index (κ3) is 3.85. The number of hydrogen-bond acceptors (Lipinski definition) is 3. The zero-order valence-corrected chi connectivity index (χ0v) is 11.9. The van der Waals surface area contributed by atoms with Crippen LogP contribution in [0.25, 0.3) is 0 Å². The van der Waals surface area contributed by atoms with Crippen LogP contribution in [-0.2, 0) is 4.79 Å². The van der Waals surface area contributed by atoms with Crippen LogP contribution in [0.5, 0.6) is 0 Å². The Morgan fingerprint density at radius 2 is 2.15 bits per heavy atom. The maximum absolute atomic E-state index is 11.9. The molecule has 0 unspecified atom stereocenters. The van der Waals surface area contributed by atoms with Crippen molar-refractivity contribution in [1.82, 2.24) is 10.6 Å². The number of rotatable bonds is 5. The lowest BCUT2D eigenvalue weighted by atomic mass is 9.83. The number of furan rings is 1. The Hall–Kier alpha value is -1.78. The number of nitrogens with one attached hydrogen (secondary N) is 2. The summed E-state index contributed by atoms with van der Waals surface area (Å²) in [6.45, 7) is 2.17. The van der Waals surface area contributed by atoms with Gasteiger partial charge in [-0.3, -0.25) is 9.59 Å². The zero-order chi connectivity index (χ0) is 14.4. The van der Waals surface area contributed by atoms with Crippen LogP contribution in [0.4, 0.5) is 0 Å². The molecule has 1 aliphatic carbocycles. The highest BCUT2D eigenvalue weighted by atomic mass is 16.3. The highest BCUT2D eigenvalue weighted by molar-refractivity contribution is 5.96. The average molecular weight is 278 g/mol. The topological polar surface area (TPSA) is 71.3 Å². The smallest absolute Gasteiger partial charge is 0.254 e. The summed E-state index contributed by atoms with van der Waals surface area (Å²) in [4.78, 5) is 23.6. The monoisotopic (exact) mass is 278 g/mol. The Morgan fingerprint density at radius 3 is 2.85 bits per heavy atom. The largest absolute Gasteiger partial charge is 0.472 e. The van der Waals surface area contributed by atoms with E-state index in [0.29, 0.717) is 11.5 Å². The fourth-order valence-electron chi connectivity index (χ4n) is 2.80. The van der Waals surface area contributed by atoms with E-state index in [2.05, 4.69) is 17.6 Å². The Morgan fingerprint density at radius 1 is 1.35 bits per heavy atom. The predicted molar refractivity (Wildman–Crippen MR) is 75.2 cm³/mol. The first-order valence-corrected chi connectivity index (χ1v) is 7.30. The molecule has 1 aliphatic rings. The van der Waals surface area contributed by atoms with Crippen LogP contribution in [0.1, 0.15) is 49.4 Å². The molecule has 20 heavy (non-hydrogen) atoms. The number of amides is 2. The van der Waals surface area contributed by atoms with Crippen molar-refractivity contribution in [2.24, 2.45) is 5.92 Å². The quantitative estimate of drug-likeness (QED) is 0.866. The number of carbonyl (C=O) groups is 2. The molecular formula is C15H22N2O3. The minimum atomic E-state index is -0.287. The summed E-state index contributed by atoms with van der Waals surface area (Å²) in [7, 11) is 0. The second-order valence-corrected chi connectivity index (χ2v) is 5.32. The third-order valence-corrected chi connectivity index (χ3v) is 3.97. The van der Waals surface area contributed by atoms with E-state index in [9.17, 15) is 9.59 Å². The van der Waals surface area contributed by atoms with E-state index in [1.54, 1.807) is 6.07 Å². The van der Waals surface area contributed by atoms with Gasteiger partial charge in [0.1, 0.15) is 6.26 Å². The average Bonchev–Trinajstić information content (AvgIpc) is 2.99. The Bertz CT molecular complexity index is 442. The fraction of sp³-hybridized carbons (Fsp3) is 0.600. The van der Waals surface area contributed by atoms with E-state index >= 15 is 0 Å². The van der Waals surface area contributed by atoms with Crippen molar-refractivity contribution in [2.75, 3.05) is 6.54 Å². The van der Waals surface area contributed by atoms with Crippen LogP contribution >= 0.6 is 0 Å². The van der Waals surface area contributed by atoms with Crippen LogP contribution in [0, 0.1) is 5.92 Å². The van der Waals surface area contributed by atoms with E-state index in [0.717, 1.165) is 12.8 Å². The summed E-state index contributed by atoms with van der Waals surface area (Å²) in [5, 5.41) is 5.64. The van der Waals surface area contributed by atoms with E-state index < -0.39 is 0 Å². The highest BCUT2D eigenvalue weighted by Crippen LogP contribution is 2.26. The van der Waals surface area contributed by atoms with Crippen LogP contribution < -0.4 is 10.6 Å². The first-order valence-electron chi connectivity index (χ1n) is 7.30. The number of hydrogen-bond donors (Lipinski definition) is 2. The van der Waals surface area contributed by atoms with Gasteiger partial charge >= 0.3 is 0 Å². The normalized spacial score (nSPS) is 22.2. The van der Waals surface area contributed by atoms with Crippen LogP contribution in [-0.4, -0.2) is 24.4 Å². The van der Waals surface area contributed by atoms with Gasteiger partial charge in [-0.05, 0) is 24.8 Å². The third-order valence-electron chi connectivity index (χ3n) is 3.97. The molecule has 0 saturated heterocycles. The second-order valence-electron chi connectivity index (χ2n) is 5.32. The van der Waals surface area contributed by atoms with Crippen LogP contribution in [0.2, 0.25) is 0 Å². The molecule has 5 heteroatoms. The van der Waals surface area contributed by atoms with Crippen molar-refractivity contribution in [3.05, 3.63) is 24.2 Å². The van der Waals surface area contributed by atoms with E-state index in [1.807, 2.05) is 0 Å². The molecule has 1 heterocycles. The van der Waals surface area contributed by atoms with E-state index in [4.69, 9.17) is 4.42 Å². The maximum atomic E-state index is 11.9. The fourth-order valence-corrected chi connectivity index (χ4v) is 2.80. The molecule has 2 amide bonds. The first kappa shape index (κ1) is 14.6. The molecule has 0 aliphatic heterocycles. The molecule has 0 bridgehead atoms. The summed E-state index contributed by atoms with van der Waals surface area (Å²) >= 11 is 0. The molecule has 5 nitrogen and oxygen atoms in total. The summed E-state index contributed by atoms with van der Waals surface area (Å²) in [6, 6.07) is 1.83. The van der Waals surface area contributed by atoms with Gasteiger partial charge in [0.05, 0.1) is 18.4 Å². The summed E-state index contributed by atoms with van der Waals surface area (Å²) < 4.78 is 4.83. The van der Waals surface area contributed by atoms with Gasteiger partial charge < -0.3 is 15.1 Å². The second kappa shape index (κ2) is 7.12. The molecule has 2 atom stereocenters. The van der Waals surface area contributed by atoms with Gasteiger partial charge in [0.2, 0.25) is 5.91 Å². The molecule has 1 saturated carbocycles. The first-order chi connectivity index (χ1) is 9.70.